The first-order valence-electron chi connectivity index (χ1n) is 11.0. The van der Waals surface area contributed by atoms with Crippen LogP contribution in [0.3, 0.4) is 0 Å². The smallest absolute Gasteiger partial charge is 0.260 e. The van der Waals surface area contributed by atoms with Crippen LogP contribution in [0.25, 0.3) is 33.4 Å². The average Bonchev–Trinajstić information content (AvgIpc) is 3.32. The summed E-state index contributed by atoms with van der Waals surface area (Å²) < 4.78 is 1.67. The molecule has 33 heavy (non-hydrogen) atoms. The van der Waals surface area contributed by atoms with Gasteiger partial charge in [0.15, 0.2) is 0 Å². The van der Waals surface area contributed by atoms with Gasteiger partial charge in [0.25, 0.3) is 5.56 Å². The number of fused-ring (bicyclic) bond motifs is 1. The Bertz CT molecular complexity index is 1400. The third kappa shape index (κ3) is 4.07. The van der Waals surface area contributed by atoms with E-state index in [0.717, 1.165) is 41.8 Å². The van der Waals surface area contributed by atoms with Crippen LogP contribution in [0.4, 0.5) is 5.95 Å². The molecule has 1 aromatic carbocycles. The van der Waals surface area contributed by atoms with Crippen molar-refractivity contribution in [2.75, 3.05) is 18.4 Å². The van der Waals surface area contributed by atoms with E-state index in [0.29, 0.717) is 40.3 Å². The van der Waals surface area contributed by atoms with Crippen molar-refractivity contribution in [3.63, 3.8) is 0 Å². The number of benzene rings is 1. The van der Waals surface area contributed by atoms with Gasteiger partial charge < -0.3 is 10.6 Å². The quantitative estimate of drug-likeness (QED) is 0.468. The van der Waals surface area contributed by atoms with Gasteiger partial charge in [-0.1, -0.05) is 23.7 Å². The predicted octanol–water partition coefficient (Wildman–Crippen LogP) is 3.67. The van der Waals surface area contributed by atoms with Crippen molar-refractivity contribution in [3.8, 4) is 22.4 Å². The lowest BCUT2D eigenvalue weighted by molar-refractivity contribution is 0.745. The zero-order valence-corrected chi connectivity index (χ0v) is 19.2. The first-order chi connectivity index (χ1) is 16.0. The number of halogens is 1. The highest BCUT2D eigenvalue weighted by Gasteiger charge is 2.18. The molecule has 0 aliphatic carbocycles. The summed E-state index contributed by atoms with van der Waals surface area (Å²) in [5.74, 6) is 0.535. The van der Waals surface area contributed by atoms with E-state index in [2.05, 4.69) is 30.6 Å². The molecule has 4 heterocycles. The second-order valence-electron chi connectivity index (χ2n) is 8.10. The van der Waals surface area contributed by atoms with Crippen molar-refractivity contribution in [2.24, 2.45) is 0 Å². The number of hydrogen-bond donors (Lipinski definition) is 2. The summed E-state index contributed by atoms with van der Waals surface area (Å²) in [6, 6.07) is 7.71. The number of rotatable bonds is 5. The van der Waals surface area contributed by atoms with Gasteiger partial charge in [-0.15, -0.1) is 0 Å². The van der Waals surface area contributed by atoms with E-state index in [1.807, 2.05) is 38.1 Å². The fraction of sp³-hybridized carbons (Fsp3) is 0.292. The molecule has 9 heteroatoms. The molecule has 2 N–H and O–H groups in total. The number of aromatic nitrogens is 5. The Morgan fingerprint density at radius 2 is 2.03 bits per heavy atom. The van der Waals surface area contributed by atoms with E-state index in [4.69, 9.17) is 11.6 Å². The Labute approximate surface area is 196 Å². The van der Waals surface area contributed by atoms with Gasteiger partial charge in [0, 0.05) is 64.8 Å². The van der Waals surface area contributed by atoms with E-state index in [1.54, 1.807) is 23.2 Å². The molecule has 0 saturated carbocycles. The summed E-state index contributed by atoms with van der Waals surface area (Å²) in [6.45, 7) is 6.18. The lowest BCUT2D eigenvalue weighted by Gasteiger charge is -2.15. The summed E-state index contributed by atoms with van der Waals surface area (Å²) in [5.41, 5.74) is 4.08. The summed E-state index contributed by atoms with van der Waals surface area (Å²) in [4.78, 5) is 31.3. The molecule has 1 aliphatic heterocycles. The molecule has 0 amide bonds. The maximum absolute atomic E-state index is 13.4. The first kappa shape index (κ1) is 21.5. The highest BCUT2D eigenvalue weighted by Crippen LogP contribution is 2.32. The average molecular weight is 462 g/mol. The molecule has 168 valence electrons. The first-order valence-corrected chi connectivity index (χ1v) is 11.4. The minimum absolute atomic E-state index is 0.137. The van der Waals surface area contributed by atoms with Crippen molar-refractivity contribution >= 4 is 28.6 Å². The fourth-order valence-electron chi connectivity index (χ4n) is 4.25. The van der Waals surface area contributed by atoms with E-state index in [-0.39, 0.29) is 5.56 Å². The normalized spacial score (nSPS) is 15.8. The Morgan fingerprint density at radius 3 is 2.76 bits per heavy atom. The van der Waals surface area contributed by atoms with Crippen molar-refractivity contribution in [1.29, 1.82) is 0 Å². The molecule has 1 aliphatic rings. The van der Waals surface area contributed by atoms with Crippen molar-refractivity contribution < 1.29 is 0 Å². The van der Waals surface area contributed by atoms with Crippen LogP contribution >= 0.6 is 11.6 Å². The highest BCUT2D eigenvalue weighted by molar-refractivity contribution is 6.33. The van der Waals surface area contributed by atoms with E-state index in [9.17, 15) is 4.79 Å². The lowest BCUT2D eigenvalue weighted by Crippen LogP contribution is -2.25. The van der Waals surface area contributed by atoms with E-state index >= 15 is 0 Å². The van der Waals surface area contributed by atoms with Crippen LogP contribution in [-0.4, -0.2) is 43.6 Å². The summed E-state index contributed by atoms with van der Waals surface area (Å²) in [5, 5.41) is 7.93. The molecule has 1 fully saturated rings. The third-order valence-electron chi connectivity index (χ3n) is 5.95. The standard InChI is InChI=1S/C24H24ClN7O/c1-3-32-22-16(12-29-24(31-22)30-17-6-7-26-13-17)10-19(23(32)33)18-5-4-15(11-20(18)25)21-14(2)27-8-9-28-21/h4-5,8-12,17,26H,3,6-7,13H2,1-2H3,(H,29,30,31)/t17-/m1/s1. The van der Waals surface area contributed by atoms with Gasteiger partial charge >= 0.3 is 0 Å². The van der Waals surface area contributed by atoms with Gasteiger partial charge in [-0.3, -0.25) is 19.3 Å². The number of aryl methyl sites for hydroxylation is 2. The topological polar surface area (TPSA) is 97.6 Å². The minimum Gasteiger partial charge on any atom is -0.350 e. The number of nitrogens with zero attached hydrogens (tertiary/aromatic N) is 5. The summed E-state index contributed by atoms with van der Waals surface area (Å²) >= 11 is 6.66. The van der Waals surface area contributed by atoms with Crippen molar-refractivity contribution in [2.45, 2.75) is 32.9 Å². The van der Waals surface area contributed by atoms with E-state index in [1.165, 1.54) is 0 Å². The molecule has 0 unspecified atom stereocenters. The third-order valence-corrected chi connectivity index (χ3v) is 6.26. The number of anilines is 1. The fourth-order valence-corrected chi connectivity index (χ4v) is 4.53. The van der Waals surface area contributed by atoms with Gasteiger partial charge in [0.2, 0.25) is 5.95 Å². The van der Waals surface area contributed by atoms with Crippen LogP contribution in [0.2, 0.25) is 5.02 Å². The Morgan fingerprint density at radius 1 is 1.18 bits per heavy atom. The molecule has 3 aromatic heterocycles. The second-order valence-corrected chi connectivity index (χ2v) is 8.51. The minimum atomic E-state index is -0.137. The Kier molecular flexibility index (Phi) is 5.78. The summed E-state index contributed by atoms with van der Waals surface area (Å²) in [7, 11) is 0. The summed E-state index contributed by atoms with van der Waals surface area (Å²) in [6.07, 6.45) is 6.08. The SMILES string of the molecule is CCn1c(=O)c(-c2ccc(-c3nccnc3C)cc2Cl)cc2cnc(N[C@@H]3CCNC3)nc21. The molecule has 4 aromatic rings. The van der Waals surface area contributed by atoms with Crippen LogP contribution in [0.5, 0.6) is 0 Å². The van der Waals surface area contributed by atoms with Gasteiger partial charge in [-0.05, 0) is 38.9 Å². The Balaban J connectivity index is 1.57. The molecule has 0 bridgehead atoms. The van der Waals surface area contributed by atoms with Gasteiger partial charge in [0.1, 0.15) is 5.65 Å². The van der Waals surface area contributed by atoms with Crippen LogP contribution in [0.15, 0.2) is 47.7 Å². The Hall–Kier alpha value is -3.36. The number of pyridine rings is 1. The molecule has 0 radical (unpaired) electrons. The van der Waals surface area contributed by atoms with Crippen LogP contribution < -0.4 is 16.2 Å². The number of nitrogens with one attached hydrogen (secondary N) is 2. The molecule has 1 atom stereocenters. The molecule has 1 saturated heterocycles. The van der Waals surface area contributed by atoms with Crippen LogP contribution in [0.1, 0.15) is 19.0 Å². The maximum Gasteiger partial charge on any atom is 0.260 e. The van der Waals surface area contributed by atoms with Gasteiger partial charge in [-0.2, -0.15) is 4.98 Å². The zero-order chi connectivity index (χ0) is 22.9. The largest absolute Gasteiger partial charge is 0.350 e. The molecular formula is C24H24ClN7O. The second kappa shape index (κ2) is 8.88. The van der Waals surface area contributed by atoms with Gasteiger partial charge in [-0.25, -0.2) is 4.98 Å². The number of hydrogen-bond acceptors (Lipinski definition) is 7. The lowest BCUT2D eigenvalue weighted by atomic mass is 10.0. The van der Waals surface area contributed by atoms with Crippen LogP contribution in [0, 0.1) is 6.92 Å². The predicted molar refractivity (Wildman–Crippen MR) is 131 cm³/mol. The zero-order valence-electron chi connectivity index (χ0n) is 18.5. The molecule has 0 spiro atoms. The molecule has 5 rings (SSSR count). The highest BCUT2D eigenvalue weighted by atomic mass is 35.5. The van der Waals surface area contributed by atoms with Gasteiger partial charge in [0.05, 0.1) is 11.4 Å². The maximum atomic E-state index is 13.4. The molecule has 8 nitrogen and oxygen atoms in total. The molecular weight excluding hydrogens is 438 g/mol. The van der Waals surface area contributed by atoms with Crippen molar-refractivity contribution in [3.05, 3.63) is 63.9 Å². The monoisotopic (exact) mass is 461 g/mol. The van der Waals surface area contributed by atoms with Crippen LogP contribution in [-0.2, 0) is 6.54 Å². The van der Waals surface area contributed by atoms with Crippen molar-refractivity contribution in [1.82, 2.24) is 29.8 Å². The van der Waals surface area contributed by atoms with E-state index < -0.39 is 0 Å².